The van der Waals surface area contributed by atoms with Crippen molar-refractivity contribution in [3.05, 3.63) is 54.0 Å². The Balaban J connectivity index is 1.28. The predicted octanol–water partition coefficient (Wildman–Crippen LogP) is 1.96. The van der Waals surface area contributed by atoms with Crippen LogP contribution in [0.1, 0.15) is 40.7 Å². The largest absolute Gasteiger partial charge is 0.459 e. The smallest absolute Gasteiger partial charge is 0.291 e. The van der Waals surface area contributed by atoms with E-state index in [1.807, 2.05) is 6.92 Å². The van der Waals surface area contributed by atoms with E-state index >= 15 is 0 Å². The summed E-state index contributed by atoms with van der Waals surface area (Å²) in [4.78, 5) is 41.0. The number of hydrogen-bond acceptors (Lipinski definition) is 5. The Hall–Kier alpha value is -3.13. The van der Waals surface area contributed by atoms with E-state index in [4.69, 9.17) is 4.42 Å². The van der Waals surface area contributed by atoms with Crippen LogP contribution in [0.3, 0.4) is 0 Å². The highest BCUT2D eigenvalue weighted by molar-refractivity contribution is 6.02. The Labute approximate surface area is 175 Å². The predicted molar refractivity (Wildman–Crippen MR) is 111 cm³/mol. The van der Waals surface area contributed by atoms with Crippen molar-refractivity contribution in [2.75, 3.05) is 31.5 Å². The van der Waals surface area contributed by atoms with Gasteiger partial charge in [-0.1, -0.05) is 0 Å². The third-order valence-electron chi connectivity index (χ3n) is 5.59. The Morgan fingerprint density at radius 1 is 1.03 bits per heavy atom. The first-order valence-corrected chi connectivity index (χ1v) is 10.3. The lowest BCUT2D eigenvalue weighted by molar-refractivity contribution is -0.126. The van der Waals surface area contributed by atoms with Gasteiger partial charge in [0.2, 0.25) is 5.91 Å². The zero-order valence-corrected chi connectivity index (χ0v) is 17.0. The van der Waals surface area contributed by atoms with Crippen LogP contribution in [0.4, 0.5) is 5.69 Å². The van der Waals surface area contributed by atoms with Gasteiger partial charge in [0.05, 0.1) is 12.3 Å². The van der Waals surface area contributed by atoms with Crippen molar-refractivity contribution in [1.29, 1.82) is 0 Å². The van der Waals surface area contributed by atoms with E-state index in [9.17, 15) is 14.4 Å². The lowest BCUT2D eigenvalue weighted by Gasteiger charge is -2.37. The van der Waals surface area contributed by atoms with E-state index in [0.29, 0.717) is 43.5 Å². The molecule has 3 amide bonds. The molecule has 4 rings (SSSR count). The fraction of sp³-hybridized carbons (Fsp3) is 0.409. The summed E-state index contributed by atoms with van der Waals surface area (Å²) in [6.45, 7) is 4.42. The molecule has 1 saturated carbocycles. The molecule has 2 heterocycles. The molecule has 1 saturated heterocycles. The first-order chi connectivity index (χ1) is 14.5. The van der Waals surface area contributed by atoms with Gasteiger partial charge in [-0.05, 0) is 56.2 Å². The van der Waals surface area contributed by atoms with Crippen molar-refractivity contribution in [1.82, 2.24) is 15.1 Å². The fourth-order valence-electron chi connectivity index (χ4n) is 3.51. The van der Waals surface area contributed by atoms with E-state index in [2.05, 4.69) is 15.5 Å². The minimum absolute atomic E-state index is 0.0475. The molecular weight excluding hydrogens is 384 g/mol. The number of piperazine rings is 1. The molecule has 2 aromatic rings. The second-order valence-electron chi connectivity index (χ2n) is 7.80. The molecular formula is C22H26N4O4. The SMILES string of the molecule is C[C@H](C(=O)NC1CC1)N1CCN(C(=O)c2ccc(NC(=O)c3ccco3)cc2)CC1. The van der Waals surface area contributed by atoms with Crippen LogP contribution in [-0.4, -0.2) is 65.8 Å². The van der Waals surface area contributed by atoms with E-state index in [1.165, 1.54) is 6.26 Å². The van der Waals surface area contributed by atoms with Gasteiger partial charge in [0, 0.05) is 43.5 Å². The summed E-state index contributed by atoms with van der Waals surface area (Å²) in [5.41, 5.74) is 1.16. The minimum atomic E-state index is -0.338. The van der Waals surface area contributed by atoms with E-state index in [-0.39, 0.29) is 29.5 Å². The molecule has 1 atom stereocenters. The summed E-state index contributed by atoms with van der Waals surface area (Å²) in [6.07, 6.45) is 3.59. The Morgan fingerprint density at radius 2 is 1.73 bits per heavy atom. The monoisotopic (exact) mass is 410 g/mol. The summed E-state index contributed by atoms with van der Waals surface area (Å²) in [7, 11) is 0. The molecule has 8 heteroatoms. The molecule has 1 aliphatic heterocycles. The second kappa shape index (κ2) is 8.71. The van der Waals surface area contributed by atoms with Crippen molar-refractivity contribution in [2.24, 2.45) is 0 Å². The van der Waals surface area contributed by atoms with Gasteiger partial charge in [-0.25, -0.2) is 0 Å². The van der Waals surface area contributed by atoms with Crippen LogP contribution < -0.4 is 10.6 Å². The van der Waals surface area contributed by atoms with E-state index < -0.39 is 0 Å². The van der Waals surface area contributed by atoms with Crippen molar-refractivity contribution in [3.63, 3.8) is 0 Å². The average Bonchev–Trinajstić information content (AvgIpc) is 3.40. The van der Waals surface area contributed by atoms with Crippen LogP contribution in [-0.2, 0) is 4.79 Å². The molecule has 0 bridgehead atoms. The zero-order chi connectivity index (χ0) is 21.1. The number of nitrogens with one attached hydrogen (secondary N) is 2. The summed E-state index contributed by atoms with van der Waals surface area (Å²) < 4.78 is 5.07. The average molecular weight is 410 g/mol. The topological polar surface area (TPSA) is 94.9 Å². The number of amides is 3. The van der Waals surface area contributed by atoms with Crippen molar-refractivity contribution in [3.8, 4) is 0 Å². The van der Waals surface area contributed by atoms with Crippen LogP contribution in [0.15, 0.2) is 47.1 Å². The number of carbonyl (C=O) groups is 3. The van der Waals surface area contributed by atoms with Gasteiger partial charge < -0.3 is 20.0 Å². The third kappa shape index (κ3) is 4.71. The minimum Gasteiger partial charge on any atom is -0.459 e. The molecule has 0 unspecified atom stereocenters. The standard InChI is InChI=1S/C22H26N4O4/c1-15(20(27)23-18-8-9-18)25-10-12-26(13-11-25)22(29)16-4-6-17(7-5-16)24-21(28)19-3-2-14-30-19/h2-7,14-15,18H,8-13H2,1H3,(H,23,27)(H,24,28)/t15-/m1/s1. The molecule has 1 aliphatic carbocycles. The first-order valence-electron chi connectivity index (χ1n) is 10.3. The Kier molecular flexibility index (Phi) is 5.85. The van der Waals surface area contributed by atoms with Crippen molar-refractivity contribution in [2.45, 2.75) is 31.8 Å². The number of rotatable bonds is 6. The van der Waals surface area contributed by atoms with E-state index in [0.717, 1.165) is 12.8 Å². The summed E-state index contributed by atoms with van der Waals surface area (Å²) in [5, 5.41) is 5.78. The van der Waals surface area contributed by atoms with Gasteiger partial charge in [-0.15, -0.1) is 0 Å². The number of nitrogens with zero attached hydrogens (tertiary/aromatic N) is 2. The summed E-state index contributed by atoms with van der Waals surface area (Å²) in [6, 6.07) is 10.2. The van der Waals surface area contributed by atoms with Crippen LogP contribution >= 0.6 is 0 Å². The summed E-state index contributed by atoms with van der Waals surface area (Å²) in [5.74, 6) is -0.0822. The number of furan rings is 1. The second-order valence-corrected chi connectivity index (χ2v) is 7.80. The van der Waals surface area contributed by atoms with Crippen molar-refractivity contribution >= 4 is 23.4 Å². The molecule has 1 aromatic carbocycles. The summed E-state index contributed by atoms with van der Waals surface area (Å²) >= 11 is 0. The molecule has 30 heavy (non-hydrogen) atoms. The number of anilines is 1. The van der Waals surface area contributed by atoms with Crippen LogP contribution in [0.2, 0.25) is 0 Å². The molecule has 1 aromatic heterocycles. The molecule has 2 N–H and O–H groups in total. The molecule has 158 valence electrons. The van der Waals surface area contributed by atoms with Gasteiger partial charge in [0.25, 0.3) is 11.8 Å². The zero-order valence-electron chi connectivity index (χ0n) is 17.0. The quantitative estimate of drug-likeness (QED) is 0.759. The van der Waals surface area contributed by atoms with Crippen molar-refractivity contribution < 1.29 is 18.8 Å². The maximum absolute atomic E-state index is 12.8. The first kappa shape index (κ1) is 20.2. The Morgan fingerprint density at radius 3 is 2.33 bits per heavy atom. The highest BCUT2D eigenvalue weighted by atomic mass is 16.3. The highest BCUT2D eigenvalue weighted by Gasteiger charge is 2.31. The van der Waals surface area contributed by atoms with Crippen LogP contribution in [0, 0.1) is 0 Å². The fourth-order valence-corrected chi connectivity index (χ4v) is 3.51. The number of benzene rings is 1. The van der Waals surface area contributed by atoms with Gasteiger partial charge >= 0.3 is 0 Å². The van der Waals surface area contributed by atoms with E-state index in [1.54, 1.807) is 41.3 Å². The third-order valence-corrected chi connectivity index (χ3v) is 5.59. The molecule has 0 spiro atoms. The van der Waals surface area contributed by atoms with Crippen LogP contribution in [0.25, 0.3) is 0 Å². The maximum Gasteiger partial charge on any atom is 0.291 e. The molecule has 0 radical (unpaired) electrons. The van der Waals surface area contributed by atoms with Gasteiger partial charge in [0.15, 0.2) is 5.76 Å². The number of hydrogen-bond donors (Lipinski definition) is 2. The van der Waals surface area contributed by atoms with Crippen LogP contribution in [0.5, 0.6) is 0 Å². The highest BCUT2D eigenvalue weighted by Crippen LogP contribution is 2.20. The molecule has 2 aliphatic rings. The van der Waals surface area contributed by atoms with Gasteiger partial charge in [-0.2, -0.15) is 0 Å². The number of carbonyl (C=O) groups excluding carboxylic acids is 3. The maximum atomic E-state index is 12.8. The Bertz CT molecular complexity index is 898. The molecule has 2 fully saturated rings. The van der Waals surface area contributed by atoms with Gasteiger partial charge in [-0.3, -0.25) is 19.3 Å². The lowest BCUT2D eigenvalue weighted by Crippen LogP contribution is -2.55. The lowest BCUT2D eigenvalue weighted by atomic mass is 10.1. The molecule has 8 nitrogen and oxygen atoms in total. The normalized spacial score (nSPS) is 18.0. The van der Waals surface area contributed by atoms with Gasteiger partial charge in [0.1, 0.15) is 0 Å².